The van der Waals surface area contributed by atoms with Gasteiger partial charge in [-0.05, 0) is 23.9 Å². The van der Waals surface area contributed by atoms with Gasteiger partial charge in [0.05, 0.1) is 5.02 Å². The summed E-state index contributed by atoms with van der Waals surface area (Å²) in [5.41, 5.74) is 0.978. The summed E-state index contributed by atoms with van der Waals surface area (Å²) >= 11 is 7.29. The van der Waals surface area contributed by atoms with Gasteiger partial charge >= 0.3 is 5.97 Å². The smallest absolute Gasteiger partial charge is 0.328 e. The second-order valence-corrected chi connectivity index (χ2v) is 3.56. The average Bonchev–Trinajstić information content (AvgIpc) is 2.30. The summed E-state index contributed by atoms with van der Waals surface area (Å²) in [6.07, 6.45) is 2.58. The maximum Gasteiger partial charge on any atom is 0.328 e. The van der Waals surface area contributed by atoms with Gasteiger partial charge in [0.2, 0.25) is 0 Å². The second-order valence-electron chi connectivity index (χ2n) is 2.27. The molecule has 4 heteroatoms. The van der Waals surface area contributed by atoms with E-state index in [9.17, 15) is 4.79 Å². The van der Waals surface area contributed by atoms with Crippen molar-refractivity contribution in [3.05, 3.63) is 26.9 Å². The van der Waals surface area contributed by atoms with E-state index in [-0.39, 0.29) is 0 Å². The minimum atomic E-state index is -0.961. The van der Waals surface area contributed by atoms with Crippen molar-refractivity contribution in [3.8, 4) is 0 Å². The van der Waals surface area contributed by atoms with Crippen LogP contribution < -0.4 is 0 Å². The zero-order chi connectivity index (χ0) is 9.14. The van der Waals surface area contributed by atoms with Crippen LogP contribution in [0, 0.1) is 6.92 Å². The van der Waals surface area contributed by atoms with Gasteiger partial charge in [-0.2, -0.15) is 0 Å². The van der Waals surface area contributed by atoms with Crippen molar-refractivity contribution < 1.29 is 9.90 Å². The van der Waals surface area contributed by atoms with E-state index in [4.69, 9.17) is 16.7 Å². The fourth-order valence-corrected chi connectivity index (χ4v) is 1.86. The number of hydrogen-bond acceptors (Lipinski definition) is 2. The first-order chi connectivity index (χ1) is 5.61. The van der Waals surface area contributed by atoms with E-state index in [0.29, 0.717) is 5.02 Å². The Morgan fingerprint density at radius 1 is 1.75 bits per heavy atom. The van der Waals surface area contributed by atoms with Gasteiger partial charge in [0.1, 0.15) is 0 Å². The van der Waals surface area contributed by atoms with E-state index in [1.165, 1.54) is 17.4 Å². The Morgan fingerprint density at radius 2 is 2.42 bits per heavy atom. The highest BCUT2D eigenvalue weighted by atomic mass is 35.5. The lowest BCUT2D eigenvalue weighted by atomic mass is 10.3. The lowest BCUT2D eigenvalue weighted by Gasteiger charge is -1.87. The van der Waals surface area contributed by atoms with Crippen LogP contribution in [0.25, 0.3) is 6.08 Å². The van der Waals surface area contributed by atoms with Crippen LogP contribution in [0.5, 0.6) is 0 Å². The number of aliphatic carboxylic acids is 1. The van der Waals surface area contributed by atoms with Gasteiger partial charge in [0.25, 0.3) is 0 Å². The monoisotopic (exact) mass is 202 g/mol. The van der Waals surface area contributed by atoms with Crippen molar-refractivity contribution in [3.63, 3.8) is 0 Å². The molecule has 2 nitrogen and oxygen atoms in total. The standard InChI is InChI=1S/C8H7ClO2S/c1-5-4-12-6(8(5)9)2-3-7(10)11/h2-4H,1H3,(H,10,11)/b3-2+. The maximum atomic E-state index is 10.2. The zero-order valence-electron chi connectivity index (χ0n) is 6.37. The second kappa shape index (κ2) is 3.74. The quantitative estimate of drug-likeness (QED) is 0.749. The first kappa shape index (κ1) is 9.29. The van der Waals surface area contributed by atoms with Gasteiger partial charge in [0.15, 0.2) is 0 Å². The Kier molecular flexibility index (Phi) is 2.89. The Balaban J connectivity index is 2.90. The molecular formula is C8H7ClO2S. The number of halogens is 1. The summed E-state index contributed by atoms with van der Waals surface area (Å²) in [7, 11) is 0. The fraction of sp³-hybridized carbons (Fsp3) is 0.125. The molecule has 0 fully saturated rings. The molecule has 0 amide bonds. The Labute approximate surface area is 79.1 Å². The van der Waals surface area contributed by atoms with E-state index < -0.39 is 5.97 Å². The molecule has 0 saturated carbocycles. The molecule has 12 heavy (non-hydrogen) atoms. The highest BCUT2D eigenvalue weighted by Crippen LogP contribution is 2.27. The van der Waals surface area contributed by atoms with Gasteiger partial charge < -0.3 is 5.11 Å². The molecule has 0 unspecified atom stereocenters. The highest BCUT2D eigenvalue weighted by molar-refractivity contribution is 7.11. The van der Waals surface area contributed by atoms with Crippen molar-refractivity contribution in [2.45, 2.75) is 6.92 Å². The Morgan fingerprint density at radius 3 is 2.83 bits per heavy atom. The topological polar surface area (TPSA) is 37.3 Å². The SMILES string of the molecule is Cc1csc(/C=C/C(=O)O)c1Cl. The van der Waals surface area contributed by atoms with Crippen LogP contribution >= 0.6 is 22.9 Å². The van der Waals surface area contributed by atoms with Crippen LogP contribution in [0.1, 0.15) is 10.4 Å². The third kappa shape index (κ3) is 2.09. The molecule has 0 saturated heterocycles. The summed E-state index contributed by atoms with van der Waals surface area (Å²) in [5, 5.41) is 10.9. The van der Waals surface area contributed by atoms with Crippen molar-refractivity contribution in [1.82, 2.24) is 0 Å². The number of thiophene rings is 1. The molecule has 0 bridgehead atoms. The Bertz CT molecular complexity index is 328. The van der Waals surface area contributed by atoms with Crippen LogP contribution in [0.4, 0.5) is 0 Å². The Hall–Kier alpha value is -0.800. The van der Waals surface area contributed by atoms with E-state index in [1.807, 2.05) is 12.3 Å². The molecule has 1 aromatic rings. The minimum absolute atomic E-state index is 0.637. The zero-order valence-corrected chi connectivity index (χ0v) is 7.95. The first-order valence-electron chi connectivity index (χ1n) is 3.26. The van der Waals surface area contributed by atoms with Crippen LogP contribution in [0.3, 0.4) is 0 Å². The number of rotatable bonds is 2. The molecule has 0 aliphatic carbocycles. The van der Waals surface area contributed by atoms with E-state index in [0.717, 1.165) is 16.5 Å². The van der Waals surface area contributed by atoms with Crippen molar-refractivity contribution in [1.29, 1.82) is 0 Å². The summed E-state index contributed by atoms with van der Waals surface area (Å²) in [5.74, 6) is -0.961. The van der Waals surface area contributed by atoms with E-state index >= 15 is 0 Å². The number of aryl methyl sites for hydroxylation is 1. The maximum absolute atomic E-state index is 10.2. The van der Waals surface area contributed by atoms with E-state index in [1.54, 1.807) is 0 Å². The normalized spacial score (nSPS) is 10.8. The van der Waals surface area contributed by atoms with Gasteiger partial charge in [-0.15, -0.1) is 11.3 Å². The van der Waals surface area contributed by atoms with Gasteiger partial charge in [-0.25, -0.2) is 4.79 Å². The number of carboxylic acid groups (broad SMARTS) is 1. The lowest BCUT2D eigenvalue weighted by Crippen LogP contribution is -1.84. The molecule has 0 aliphatic heterocycles. The van der Waals surface area contributed by atoms with Gasteiger partial charge in [-0.1, -0.05) is 11.6 Å². The summed E-state index contributed by atoms with van der Waals surface area (Å²) < 4.78 is 0. The van der Waals surface area contributed by atoms with Crippen LogP contribution in [-0.2, 0) is 4.79 Å². The van der Waals surface area contributed by atoms with Crippen LogP contribution in [0.2, 0.25) is 5.02 Å². The van der Waals surface area contributed by atoms with Gasteiger partial charge in [0, 0.05) is 11.0 Å². The average molecular weight is 203 g/mol. The molecule has 64 valence electrons. The molecule has 0 atom stereocenters. The summed E-state index contributed by atoms with van der Waals surface area (Å²) in [6.45, 7) is 1.89. The highest BCUT2D eigenvalue weighted by Gasteiger charge is 2.02. The van der Waals surface area contributed by atoms with Crippen molar-refractivity contribution in [2.24, 2.45) is 0 Å². The van der Waals surface area contributed by atoms with Gasteiger partial charge in [-0.3, -0.25) is 0 Å². The fourth-order valence-electron chi connectivity index (χ4n) is 0.709. The first-order valence-corrected chi connectivity index (χ1v) is 4.51. The van der Waals surface area contributed by atoms with Crippen molar-refractivity contribution >= 4 is 35.0 Å². The number of carbonyl (C=O) groups is 1. The third-order valence-electron chi connectivity index (χ3n) is 1.30. The van der Waals surface area contributed by atoms with Crippen molar-refractivity contribution in [2.75, 3.05) is 0 Å². The predicted octanol–water partition coefficient (Wildman–Crippen LogP) is 2.81. The predicted molar refractivity (Wildman–Crippen MR) is 50.7 cm³/mol. The molecule has 1 aromatic heterocycles. The minimum Gasteiger partial charge on any atom is -0.478 e. The lowest BCUT2D eigenvalue weighted by molar-refractivity contribution is -0.131. The molecule has 0 aliphatic rings. The number of carboxylic acids is 1. The molecule has 0 radical (unpaired) electrons. The molecular weight excluding hydrogens is 196 g/mol. The number of hydrogen-bond donors (Lipinski definition) is 1. The molecule has 1 N–H and O–H groups in total. The molecule has 1 rings (SSSR count). The molecule has 0 aromatic carbocycles. The molecule has 1 heterocycles. The van der Waals surface area contributed by atoms with Crippen LogP contribution in [-0.4, -0.2) is 11.1 Å². The summed E-state index contributed by atoms with van der Waals surface area (Å²) in [6, 6.07) is 0. The van der Waals surface area contributed by atoms with E-state index in [2.05, 4.69) is 0 Å². The third-order valence-corrected chi connectivity index (χ3v) is 2.98. The molecule has 0 spiro atoms. The van der Waals surface area contributed by atoms with Crippen LogP contribution in [0.15, 0.2) is 11.5 Å². The largest absolute Gasteiger partial charge is 0.478 e. The summed E-state index contributed by atoms with van der Waals surface area (Å²) in [4.78, 5) is 11.0.